The zero-order valence-corrected chi connectivity index (χ0v) is 21.3. The molecule has 1 atom stereocenters. The highest BCUT2D eigenvalue weighted by atomic mass is 16.6. The average molecular weight is 521 g/mol. The molecule has 3 heterocycles. The molecular weight excluding hydrogens is 488 g/mol. The summed E-state index contributed by atoms with van der Waals surface area (Å²) in [7, 11) is 0. The van der Waals surface area contributed by atoms with Crippen molar-refractivity contribution in [1.82, 2.24) is 9.80 Å². The largest absolute Gasteiger partial charge is 0.507 e. The first-order valence-corrected chi connectivity index (χ1v) is 12.9. The normalized spacial score (nSPS) is 20.9. The molecule has 2 aromatic carbocycles. The third-order valence-corrected chi connectivity index (χ3v) is 6.90. The molecule has 38 heavy (non-hydrogen) atoms. The minimum absolute atomic E-state index is 0.0535. The fraction of sp³-hybridized carbons (Fsp3) is 0.379. The van der Waals surface area contributed by atoms with Gasteiger partial charge >= 0.3 is 0 Å². The van der Waals surface area contributed by atoms with Crippen molar-refractivity contribution in [3.05, 3.63) is 71.8 Å². The van der Waals surface area contributed by atoms with E-state index < -0.39 is 17.7 Å². The Morgan fingerprint density at radius 2 is 1.74 bits per heavy atom. The summed E-state index contributed by atoms with van der Waals surface area (Å²) >= 11 is 0. The molecule has 0 bridgehead atoms. The number of hydrogen-bond acceptors (Lipinski definition) is 8. The minimum atomic E-state index is -0.735. The molecule has 2 fully saturated rings. The smallest absolute Gasteiger partial charge is 0.295 e. The second-order valence-corrected chi connectivity index (χ2v) is 9.33. The third kappa shape index (κ3) is 5.39. The van der Waals surface area contributed by atoms with E-state index in [1.807, 2.05) is 12.1 Å². The second-order valence-electron chi connectivity index (χ2n) is 9.33. The molecule has 2 aromatic rings. The molecule has 0 unspecified atom stereocenters. The number of fused-ring (bicyclic) bond motifs is 1. The molecule has 2 saturated heterocycles. The van der Waals surface area contributed by atoms with Crippen molar-refractivity contribution in [3.63, 3.8) is 0 Å². The van der Waals surface area contributed by atoms with Crippen LogP contribution >= 0.6 is 0 Å². The van der Waals surface area contributed by atoms with Crippen LogP contribution in [0.5, 0.6) is 17.2 Å². The van der Waals surface area contributed by atoms with Crippen molar-refractivity contribution in [3.8, 4) is 17.2 Å². The predicted octanol–water partition coefficient (Wildman–Crippen LogP) is 3.17. The van der Waals surface area contributed by atoms with E-state index in [0.717, 1.165) is 19.6 Å². The molecule has 0 aliphatic carbocycles. The number of carbonyl (C=O) groups excluding carboxylic acids is 2. The summed E-state index contributed by atoms with van der Waals surface area (Å²) in [4.78, 5) is 30.5. The maximum atomic E-state index is 13.3. The second kappa shape index (κ2) is 11.7. The fourth-order valence-electron chi connectivity index (χ4n) is 4.99. The lowest BCUT2D eigenvalue weighted by molar-refractivity contribution is -0.140. The van der Waals surface area contributed by atoms with E-state index >= 15 is 0 Å². The van der Waals surface area contributed by atoms with E-state index in [1.54, 1.807) is 41.3 Å². The van der Waals surface area contributed by atoms with Crippen LogP contribution in [0.3, 0.4) is 0 Å². The van der Waals surface area contributed by atoms with Crippen LogP contribution in [0.25, 0.3) is 5.76 Å². The number of nitrogens with zero attached hydrogens (tertiary/aromatic N) is 2. The third-order valence-electron chi connectivity index (χ3n) is 6.90. The van der Waals surface area contributed by atoms with Gasteiger partial charge in [-0.15, -0.1) is 0 Å². The number of rotatable bonds is 9. The molecule has 3 aliphatic heterocycles. The van der Waals surface area contributed by atoms with Crippen molar-refractivity contribution >= 4 is 17.4 Å². The number of hydrogen-bond donors (Lipinski definition) is 1. The van der Waals surface area contributed by atoms with Crippen molar-refractivity contribution < 1.29 is 33.6 Å². The molecule has 0 radical (unpaired) electrons. The van der Waals surface area contributed by atoms with Gasteiger partial charge in [0.2, 0.25) is 0 Å². The van der Waals surface area contributed by atoms with Gasteiger partial charge in [0.05, 0.1) is 24.8 Å². The molecular formula is C29H32N2O7. The van der Waals surface area contributed by atoms with E-state index in [4.69, 9.17) is 18.9 Å². The first-order chi connectivity index (χ1) is 18.6. The number of aliphatic hydroxyl groups excluding tert-OH is 1. The summed E-state index contributed by atoms with van der Waals surface area (Å²) in [5.41, 5.74) is 1.15. The average Bonchev–Trinajstić information content (AvgIpc) is 3.21. The maximum Gasteiger partial charge on any atom is 0.295 e. The summed E-state index contributed by atoms with van der Waals surface area (Å²) in [6.07, 6.45) is 2.35. The van der Waals surface area contributed by atoms with E-state index in [1.165, 1.54) is 0 Å². The lowest BCUT2D eigenvalue weighted by atomic mass is 9.95. The molecule has 9 heteroatoms. The highest BCUT2D eigenvalue weighted by Gasteiger charge is 2.46. The van der Waals surface area contributed by atoms with Crippen LogP contribution < -0.4 is 14.2 Å². The number of carbonyl (C=O) groups is 2. The monoisotopic (exact) mass is 520 g/mol. The van der Waals surface area contributed by atoms with Gasteiger partial charge in [0, 0.05) is 31.7 Å². The maximum absolute atomic E-state index is 13.3. The number of benzene rings is 2. The van der Waals surface area contributed by atoms with Crippen molar-refractivity contribution in [2.75, 3.05) is 59.2 Å². The zero-order chi connectivity index (χ0) is 26.5. The van der Waals surface area contributed by atoms with Gasteiger partial charge in [-0.05, 0) is 42.3 Å². The number of aliphatic hydroxyl groups is 1. The number of morpholine rings is 1. The predicted molar refractivity (Wildman–Crippen MR) is 140 cm³/mol. The summed E-state index contributed by atoms with van der Waals surface area (Å²) < 4.78 is 22.3. The first-order valence-electron chi connectivity index (χ1n) is 12.9. The fourth-order valence-corrected chi connectivity index (χ4v) is 4.99. The van der Waals surface area contributed by atoms with Crippen LogP contribution in [0.2, 0.25) is 0 Å². The number of amides is 1. The molecule has 0 aromatic heterocycles. The number of ketones is 1. The van der Waals surface area contributed by atoms with E-state index in [-0.39, 0.29) is 11.3 Å². The Kier molecular flexibility index (Phi) is 7.95. The van der Waals surface area contributed by atoms with Crippen LogP contribution in [-0.4, -0.2) is 85.8 Å². The molecule has 0 spiro atoms. The van der Waals surface area contributed by atoms with Gasteiger partial charge in [-0.25, -0.2) is 0 Å². The molecule has 200 valence electrons. The van der Waals surface area contributed by atoms with Gasteiger partial charge < -0.3 is 29.0 Å². The topological polar surface area (TPSA) is 97.8 Å². The van der Waals surface area contributed by atoms with Gasteiger partial charge in [0.25, 0.3) is 11.7 Å². The molecule has 5 rings (SSSR count). The zero-order valence-electron chi connectivity index (χ0n) is 21.3. The van der Waals surface area contributed by atoms with Gasteiger partial charge in [-0.3, -0.25) is 14.5 Å². The van der Waals surface area contributed by atoms with Crippen molar-refractivity contribution in [2.45, 2.75) is 12.5 Å². The minimum Gasteiger partial charge on any atom is -0.507 e. The first kappa shape index (κ1) is 25.8. The van der Waals surface area contributed by atoms with Gasteiger partial charge in [0.1, 0.15) is 31.3 Å². The SMILES string of the molecule is C=CCOc1ccc([C@@H]2C(=C(O)c3ccc4c(c3)OCCO4)C(=O)C(=O)N2CCCN2CCOCC2)cc1. The van der Waals surface area contributed by atoms with Gasteiger partial charge in [-0.1, -0.05) is 24.8 Å². The lowest BCUT2D eigenvalue weighted by Gasteiger charge is -2.29. The highest BCUT2D eigenvalue weighted by Crippen LogP contribution is 2.41. The Hall–Kier alpha value is -3.82. The molecule has 3 aliphatic rings. The summed E-state index contributed by atoms with van der Waals surface area (Å²) in [5, 5.41) is 11.4. The molecule has 9 nitrogen and oxygen atoms in total. The standard InChI is InChI=1S/C29H32N2O7/c1-2-14-36-22-7-4-20(5-8-22)26-25(27(32)21-6-9-23-24(19-21)38-18-17-37-23)28(33)29(34)31(26)11-3-10-30-12-15-35-16-13-30/h2,4-9,19,26,32H,1,3,10-18H2/t26-/m1/s1. The Bertz CT molecular complexity index is 1220. The van der Waals surface area contributed by atoms with Crippen LogP contribution in [-0.2, 0) is 14.3 Å². The summed E-state index contributed by atoms with van der Waals surface area (Å²) in [6.45, 7) is 9.11. The van der Waals surface area contributed by atoms with Crippen LogP contribution in [0.1, 0.15) is 23.6 Å². The van der Waals surface area contributed by atoms with Gasteiger partial charge in [-0.2, -0.15) is 0 Å². The Morgan fingerprint density at radius 3 is 2.47 bits per heavy atom. The van der Waals surface area contributed by atoms with Gasteiger partial charge in [0.15, 0.2) is 11.5 Å². The Balaban J connectivity index is 1.47. The molecule has 0 saturated carbocycles. The highest BCUT2D eigenvalue weighted by molar-refractivity contribution is 6.46. The van der Waals surface area contributed by atoms with Crippen LogP contribution in [0.4, 0.5) is 0 Å². The number of Topliss-reactive ketones (excluding diaryl/α,β-unsaturated/α-hetero) is 1. The van der Waals surface area contributed by atoms with Crippen molar-refractivity contribution in [2.24, 2.45) is 0 Å². The summed E-state index contributed by atoms with van der Waals surface area (Å²) in [6, 6.07) is 11.5. The molecule has 1 N–H and O–H groups in total. The molecule has 1 amide bonds. The number of likely N-dealkylation sites (tertiary alicyclic amines) is 1. The van der Waals surface area contributed by atoms with Crippen LogP contribution in [0, 0.1) is 0 Å². The quantitative estimate of drug-likeness (QED) is 0.233. The summed E-state index contributed by atoms with van der Waals surface area (Å²) in [5.74, 6) is 0.130. The van der Waals surface area contributed by atoms with E-state index in [9.17, 15) is 14.7 Å². The lowest BCUT2D eigenvalue weighted by Crippen LogP contribution is -2.38. The van der Waals surface area contributed by atoms with Crippen LogP contribution in [0.15, 0.2) is 60.7 Å². The number of ether oxygens (including phenoxy) is 4. The Labute approximate surface area is 221 Å². The van der Waals surface area contributed by atoms with E-state index in [0.29, 0.717) is 74.4 Å². The Morgan fingerprint density at radius 1 is 1.00 bits per heavy atom. The van der Waals surface area contributed by atoms with E-state index in [2.05, 4.69) is 11.5 Å². The van der Waals surface area contributed by atoms with Crippen molar-refractivity contribution in [1.29, 1.82) is 0 Å².